The van der Waals surface area contributed by atoms with Gasteiger partial charge in [0.15, 0.2) is 0 Å². The van der Waals surface area contributed by atoms with E-state index >= 15 is 0 Å². The molecule has 1 aliphatic carbocycles. The van der Waals surface area contributed by atoms with Crippen LogP contribution in [0.15, 0.2) is 9.85 Å². The highest BCUT2D eigenvalue weighted by molar-refractivity contribution is 9.11. The van der Waals surface area contributed by atoms with Gasteiger partial charge < -0.3 is 5.32 Å². The lowest BCUT2D eigenvalue weighted by Gasteiger charge is -2.24. The molecule has 5 heteroatoms. The van der Waals surface area contributed by atoms with Crippen LogP contribution < -0.4 is 5.32 Å². The molecule has 1 aromatic heterocycles. The van der Waals surface area contributed by atoms with Crippen LogP contribution in [0.5, 0.6) is 0 Å². The predicted molar refractivity (Wildman–Crippen MR) is 83.8 cm³/mol. The third-order valence-corrected chi connectivity index (χ3v) is 6.67. The molecule has 102 valence electrons. The smallest absolute Gasteiger partial charge is 0.0704 e. The van der Waals surface area contributed by atoms with E-state index in [9.17, 15) is 4.21 Å². The van der Waals surface area contributed by atoms with Crippen molar-refractivity contribution >= 4 is 38.1 Å². The van der Waals surface area contributed by atoms with E-state index in [4.69, 9.17) is 0 Å². The highest BCUT2D eigenvalue weighted by atomic mass is 79.9. The van der Waals surface area contributed by atoms with E-state index in [1.165, 1.54) is 33.5 Å². The molecule has 0 spiro atoms. The molecule has 18 heavy (non-hydrogen) atoms. The average Bonchev–Trinajstić information content (AvgIpc) is 2.70. The van der Waals surface area contributed by atoms with Crippen molar-refractivity contribution in [3.8, 4) is 0 Å². The first-order valence-corrected chi connectivity index (χ1v) is 9.64. The second-order valence-electron chi connectivity index (χ2n) is 4.93. The maximum atomic E-state index is 11.3. The largest absolute Gasteiger partial charge is 0.310 e. The maximum absolute atomic E-state index is 11.3. The lowest BCUT2D eigenvalue weighted by atomic mass is 9.94. The van der Waals surface area contributed by atoms with Crippen LogP contribution in [0.25, 0.3) is 0 Å². The lowest BCUT2D eigenvalue weighted by molar-refractivity contribution is 0.458. The van der Waals surface area contributed by atoms with Gasteiger partial charge in [0.1, 0.15) is 0 Å². The number of thiophene rings is 1. The summed E-state index contributed by atoms with van der Waals surface area (Å²) >= 11 is 5.45. The molecule has 1 aromatic rings. The van der Waals surface area contributed by atoms with Crippen LogP contribution in [0.4, 0.5) is 0 Å². The zero-order valence-electron chi connectivity index (χ0n) is 10.9. The number of halogens is 1. The number of fused-ring (bicyclic) bond motifs is 1. The molecule has 0 aromatic carbocycles. The number of hydrogen-bond donors (Lipinski definition) is 1. The minimum Gasteiger partial charge on any atom is -0.310 e. The molecule has 0 fully saturated rings. The molecule has 0 bridgehead atoms. The molecule has 0 saturated heterocycles. The normalized spacial score (nSPS) is 22.5. The maximum Gasteiger partial charge on any atom is 0.0704 e. The van der Waals surface area contributed by atoms with Gasteiger partial charge >= 0.3 is 0 Å². The zero-order chi connectivity index (χ0) is 13.1. The Bertz CT molecular complexity index is 433. The quantitative estimate of drug-likeness (QED) is 0.879. The van der Waals surface area contributed by atoms with Gasteiger partial charge in [0.2, 0.25) is 0 Å². The standard InChI is InChI=1S/C13H20BrNOS2/c1-9(18(2)16)6-7-15-11-4-3-5-12-10(11)8-13(14)17-12/h8-9,11,15H,3-7H2,1-2H3. The van der Waals surface area contributed by atoms with Crippen LogP contribution in [0.3, 0.4) is 0 Å². The summed E-state index contributed by atoms with van der Waals surface area (Å²) in [5.41, 5.74) is 1.48. The van der Waals surface area contributed by atoms with E-state index in [0.717, 1.165) is 13.0 Å². The summed E-state index contributed by atoms with van der Waals surface area (Å²) in [7, 11) is -0.703. The van der Waals surface area contributed by atoms with E-state index in [-0.39, 0.29) is 5.25 Å². The number of hydrogen-bond acceptors (Lipinski definition) is 3. The van der Waals surface area contributed by atoms with Crippen molar-refractivity contribution in [1.29, 1.82) is 0 Å². The molecular formula is C13H20BrNOS2. The van der Waals surface area contributed by atoms with Gasteiger partial charge in [-0.3, -0.25) is 4.21 Å². The Labute approximate surface area is 124 Å². The number of aryl methyl sites for hydroxylation is 1. The van der Waals surface area contributed by atoms with Crippen molar-refractivity contribution in [2.75, 3.05) is 12.8 Å². The second kappa shape index (κ2) is 6.64. The van der Waals surface area contributed by atoms with Crippen LogP contribution in [0, 0.1) is 0 Å². The molecule has 0 saturated carbocycles. The van der Waals surface area contributed by atoms with Gasteiger partial charge in [0.25, 0.3) is 0 Å². The Hall–Kier alpha value is 0.290. The monoisotopic (exact) mass is 349 g/mol. The van der Waals surface area contributed by atoms with Crippen molar-refractivity contribution in [3.63, 3.8) is 0 Å². The summed E-state index contributed by atoms with van der Waals surface area (Å²) in [6.07, 6.45) is 6.49. The molecule has 1 N–H and O–H groups in total. The minimum absolute atomic E-state index is 0.287. The van der Waals surface area contributed by atoms with E-state index < -0.39 is 10.8 Å². The molecule has 3 unspecified atom stereocenters. The fourth-order valence-corrected chi connectivity index (χ4v) is 4.63. The average molecular weight is 350 g/mol. The molecule has 2 rings (SSSR count). The van der Waals surface area contributed by atoms with Gasteiger partial charge in [-0.05, 0) is 59.8 Å². The van der Waals surface area contributed by atoms with Crippen LogP contribution >= 0.6 is 27.3 Å². The molecule has 3 atom stereocenters. The first-order chi connectivity index (χ1) is 8.58. The Morgan fingerprint density at radius 3 is 3.17 bits per heavy atom. The summed E-state index contributed by atoms with van der Waals surface area (Å²) < 4.78 is 12.5. The predicted octanol–water partition coefficient (Wildman–Crippen LogP) is 3.63. The third-order valence-electron chi connectivity index (χ3n) is 3.59. The van der Waals surface area contributed by atoms with Gasteiger partial charge in [0, 0.05) is 33.2 Å². The van der Waals surface area contributed by atoms with Gasteiger partial charge in [-0.2, -0.15) is 0 Å². The molecule has 1 aliphatic rings. The van der Waals surface area contributed by atoms with Crippen LogP contribution in [-0.4, -0.2) is 22.3 Å². The fraction of sp³-hybridized carbons (Fsp3) is 0.692. The molecule has 0 aliphatic heterocycles. The van der Waals surface area contributed by atoms with Crippen LogP contribution in [0.2, 0.25) is 0 Å². The minimum atomic E-state index is -0.703. The van der Waals surface area contributed by atoms with E-state index in [0.29, 0.717) is 6.04 Å². The molecule has 0 amide bonds. The Morgan fingerprint density at radius 2 is 2.44 bits per heavy atom. The summed E-state index contributed by atoms with van der Waals surface area (Å²) in [6, 6.07) is 2.76. The summed E-state index contributed by atoms with van der Waals surface area (Å²) in [5, 5.41) is 3.92. The second-order valence-corrected chi connectivity index (χ2v) is 9.24. The van der Waals surface area contributed by atoms with Crippen molar-refractivity contribution < 1.29 is 4.21 Å². The van der Waals surface area contributed by atoms with Crippen molar-refractivity contribution in [3.05, 3.63) is 20.3 Å². The van der Waals surface area contributed by atoms with E-state index in [1.54, 1.807) is 6.26 Å². The lowest BCUT2D eigenvalue weighted by Crippen LogP contribution is -2.27. The van der Waals surface area contributed by atoms with Crippen molar-refractivity contribution in [1.82, 2.24) is 5.32 Å². The molecule has 0 radical (unpaired) electrons. The summed E-state index contributed by atoms with van der Waals surface area (Å²) in [5.74, 6) is 0. The van der Waals surface area contributed by atoms with Gasteiger partial charge in [-0.25, -0.2) is 0 Å². The highest BCUT2D eigenvalue weighted by Crippen LogP contribution is 2.37. The van der Waals surface area contributed by atoms with Crippen molar-refractivity contribution in [2.24, 2.45) is 0 Å². The summed E-state index contributed by atoms with van der Waals surface area (Å²) in [4.78, 5) is 1.53. The molecular weight excluding hydrogens is 330 g/mol. The van der Waals surface area contributed by atoms with Crippen LogP contribution in [-0.2, 0) is 17.2 Å². The topological polar surface area (TPSA) is 29.1 Å². The number of rotatable bonds is 5. The van der Waals surface area contributed by atoms with Crippen LogP contribution in [0.1, 0.15) is 42.7 Å². The Balaban J connectivity index is 1.89. The van der Waals surface area contributed by atoms with Gasteiger partial charge in [-0.1, -0.05) is 6.92 Å². The van der Waals surface area contributed by atoms with Gasteiger partial charge in [-0.15, -0.1) is 11.3 Å². The SMILES string of the molecule is CC(CCNC1CCCc2sc(Br)cc21)S(C)=O. The van der Waals surface area contributed by atoms with Crippen molar-refractivity contribution in [2.45, 2.75) is 43.9 Å². The Kier molecular flexibility index (Phi) is 5.42. The summed E-state index contributed by atoms with van der Waals surface area (Å²) in [6.45, 7) is 3.02. The first-order valence-electron chi connectivity index (χ1n) is 6.41. The first kappa shape index (κ1) is 14.7. The Morgan fingerprint density at radius 1 is 1.67 bits per heavy atom. The molecule has 2 nitrogen and oxygen atoms in total. The number of nitrogens with one attached hydrogen (secondary N) is 1. The van der Waals surface area contributed by atoms with E-state index in [2.05, 4.69) is 34.2 Å². The highest BCUT2D eigenvalue weighted by Gasteiger charge is 2.22. The fourth-order valence-electron chi connectivity index (χ4n) is 2.36. The van der Waals surface area contributed by atoms with E-state index in [1.807, 2.05) is 11.3 Å². The van der Waals surface area contributed by atoms with Gasteiger partial charge in [0.05, 0.1) is 3.79 Å². The zero-order valence-corrected chi connectivity index (χ0v) is 14.1. The third kappa shape index (κ3) is 3.65. The molecule has 1 heterocycles.